The Morgan fingerprint density at radius 1 is 0.848 bits per heavy atom. The molecule has 0 spiro atoms. The Labute approximate surface area is 197 Å². The Hall–Kier alpha value is -2.44. The highest BCUT2D eigenvalue weighted by Crippen LogP contribution is 2.19. The highest BCUT2D eigenvalue weighted by Gasteiger charge is 2.30. The van der Waals surface area contributed by atoms with Gasteiger partial charge in [-0.15, -0.1) is 0 Å². The van der Waals surface area contributed by atoms with Crippen molar-refractivity contribution in [2.45, 2.75) is 39.2 Å². The molecule has 0 unspecified atom stereocenters. The lowest BCUT2D eigenvalue weighted by atomic mass is 9.99. The van der Waals surface area contributed by atoms with Gasteiger partial charge in [0.2, 0.25) is 11.8 Å². The number of nitrogens with one attached hydrogen (secondary N) is 1. The molecule has 0 aliphatic carbocycles. The second-order valence-corrected chi connectivity index (χ2v) is 9.82. The van der Waals surface area contributed by atoms with Gasteiger partial charge in [-0.1, -0.05) is 56.3 Å². The first-order valence-corrected chi connectivity index (χ1v) is 12.5. The summed E-state index contributed by atoms with van der Waals surface area (Å²) in [6.07, 6.45) is 2.93. The summed E-state index contributed by atoms with van der Waals surface area (Å²) < 4.78 is 0. The minimum atomic E-state index is -0.483. The molecule has 0 radical (unpaired) electrons. The van der Waals surface area contributed by atoms with E-state index in [1.165, 1.54) is 25.9 Å². The van der Waals surface area contributed by atoms with Crippen LogP contribution < -0.4 is 5.32 Å². The lowest BCUT2D eigenvalue weighted by Crippen LogP contribution is -2.57. The molecule has 2 saturated heterocycles. The van der Waals surface area contributed by atoms with Gasteiger partial charge < -0.3 is 15.1 Å². The van der Waals surface area contributed by atoms with Crippen LogP contribution in [-0.4, -0.2) is 84.9 Å². The average Bonchev–Trinajstić information content (AvgIpc) is 3.35. The molecule has 33 heavy (non-hydrogen) atoms. The molecule has 1 atom stereocenters. The van der Waals surface area contributed by atoms with Gasteiger partial charge in [0.15, 0.2) is 0 Å². The zero-order valence-corrected chi connectivity index (χ0v) is 20.1. The molecular formula is C27H38N4O2. The Kier molecular flexibility index (Phi) is 7.99. The third-order valence-electron chi connectivity index (χ3n) is 7.10. The van der Waals surface area contributed by atoms with Gasteiger partial charge in [-0.05, 0) is 48.2 Å². The van der Waals surface area contributed by atoms with E-state index in [-0.39, 0.29) is 24.2 Å². The van der Waals surface area contributed by atoms with Gasteiger partial charge in [0, 0.05) is 39.3 Å². The van der Waals surface area contributed by atoms with E-state index in [0.717, 1.165) is 55.6 Å². The van der Waals surface area contributed by atoms with Gasteiger partial charge in [0.1, 0.15) is 6.04 Å². The Bertz CT molecular complexity index is 941. The second kappa shape index (κ2) is 11.1. The number of carbonyl (C=O) groups excluding carboxylic acids is 2. The monoisotopic (exact) mass is 450 g/mol. The summed E-state index contributed by atoms with van der Waals surface area (Å²) in [4.78, 5) is 33.2. The molecule has 2 aromatic carbocycles. The summed E-state index contributed by atoms with van der Waals surface area (Å²) in [6.45, 7) is 12.0. The zero-order valence-electron chi connectivity index (χ0n) is 20.1. The van der Waals surface area contributed by atoms with Gasteiger partial charge in [-0.2, -0.15) is 0 Å². The van der Waals surface area contributed by atoms with Gasteiger partial charge in [0.25, 0.3) is 0 Å². The van der Waals surface area contributed by atoms with E-state index in [2.05, 4.69) is 27.2 Å². The second-order valence-electron chi connectivity index (χ2n) is 9.82. The summed E-state index contributed by atoms with van der Waals surface area (Å²) in [5.74, 6) is 0.000258. The molecule has 1 N–H and O–H groups in total. The Morgan fingerprint density at radius 3 is 2.18 bits per heavy atom. The van der Waals surface area contributed by atoms with Crippen LogP contribution in [0.5, 0.6) is 0 Å². The minimum absolute atomic E-state index is 0.0437. The molecule has 2 aliphatic rings. The van der Waals surface area contributed by atoms with Crippen LogP contribution in [0, 0.1) is 5.92 Å². The molecule has 6 nitrogen and oxygen atoms in total. The van der Waals surface area contributed by atoms with E-state index in [0.29, 0.717) is 0 Å². The summed E-state index contributed by atoms with van der Waals surface area (Å²) in [5, 5.41) is 5.27. The van der Waals surface area contributed by atoms with Crippen LogP contribution in [0.15, 0.2) is 42.5 Å². The van der Waals surface area contributed by atoms with Crippen LogP contribution in [0.1, 0.15) is 32.3 Å². The third kappa shape index (κ3) is 6.12. The molecule has 0 aromatic heterocycles. The SMILES string of the molecule is CC(C)[C@@H](NC(=O)Cc1cccc2ccccc12)C(=O)N1CCN(CCN2CCCC2)CC1. The number of hydrogen-bond acceptors (Lipinski definition) is 4. The van der Waals surface area contributed by atoms with Crippen LogP contribution >= 0.6 is 0 Å². The van der Waals surface area contributed by atoms with Crippen LogP contribution in [0.4, 0.5) is 0 Å². The van der Waals surface area contributed by atoms with Crippen LogP contribution in [0.25, 0.3) is 10.8 Å². The molecule has 2 aromatic rings. The largest absolute Gasteiger partial charge is 0.344 e. The van der Waals surface area contributed by atoms with Crippen LogP contribution in [-0.2, 0) is 16.0 Å². The van der Waals surface area contributed by atoms with Crippen molar-refractivity contribution in [3.8, 4) is 0 Å². The summed E-state index contributed by atoms with van der Waals surface area (Å²) in [7, 11) is 0. The number of piperazine rings is 1. The van der Waals surface area contributed by atoms with E-state index >= 15 is 0 Å². The van der Waals surface area contributed by atoms with Crippen molar-refractivity contribution >= 4 is 22.6 Å². The number of amides is 2. The minimum Gasteiger partial charge on any atom is -0.344 e. The molecular weight excluding hydrogens is 412 g/mol. The van der Waals surface area contributed by atoms with E-state index in [4.69, 9.17) is 0 Å². The number of benzene rings is 2. The Morgan fingerprint density at radius 2 is 1.48 bits per heavy atom. The normalized spacial score (nSPS) is 18.7. The molecule has 4 rings (SSSR count). The molecule has 2 amide bonds. The first kappa shape index (κ1) is 23.7. The fraction of sp³-hybridized carbons (Fsp3) is 0.556. The molecule has 2 heterocycles. The topological polar surface area (TPSA) is 55.9 Å². The van der Waals surface area contributed by atoms with Gasteiger partial charge in [-0.3, -0.25) is 14.5 Å². The van der Waals surface area contributed by atoms with Crippen molar-refractivity contribution in [1.82, 2.24) is 20.0 Å². The number of fused-ring (bicyclic) bond motifs is 1. The van der Waals surface area contributed by atoms with E-state index in [1.807, 2.05) is 49.1 Å². The summed E-state index contributed by atoms with van der Waals surface area (Å²) in [5.41, 5.74) is 0.993. The average molecular weight is 451 g/mol. The maximum atomic E-state index is 13.3. The molecule has 2 aliphatic heterocycles. The predicted octanol–water partition coefficient (Wildman–Crippen LogP) is 2.76. The van der Waals surface area contributed by atoms with Crippen molar-refractivity contribution in [2.75, 3.05) is 52.4 Å². The van der Waals surface area contributed by atoms with Crippen molar-refractivity contribution in [3.05, 3.63) is 48.0 Å². The van der Waals surface area contributed by atoms with Crippen molar-refractivity contribution in [1.29, 1.82) is 0 Å². The zero-order chi connectivity index (χ0) is 23.2. The van der Waals surface area contributed by atoms with Crippen LogP contribution in [0.2, 0.25) is 0 Å². The van der Waals surface area contributed by atoms with Crippen molar-refractivity contribution in [2.24, 2.45) is 5.92 Å². The molecule has 0 saturated carbocycles. The first-order chi connectivity index (χ1) is 16.0. The van der Waals surface area contributed by atoms with E-state index in [1.54, 1.807) is 0 Å². The number of nitrogens with zero attached hydrogens (tertiary/aromatic N) is 3. The molecule has 0 bridgehead atoms. The summed E-state index contributed by atoms with van der Waals surface area (Å²) in [6, 6.07) is 13.7. The van der Waals surface area contributed by atoms with Gasteiger partial charge >= 0.3 is 0 Å². The van der Waals surface area contributed by atoms with E-state index < -0.39 is 6.04 Å². The third-order valence-corrected chi connectivity index (χ3v) is 7.10. The number of hydrogen-bond donors (Lipinski definition) is 1. The van der Waals surface area contributed by atoms with Crippen molar-refractivity contribution in [3.63, 3.8) is 0 Å². The predicted molar refractivity (Wildman–Crippen MR) is 133 cm³/mol. The lowest BCUT2D eigenvalue weighted by molar-refractivity contribution is -0.139. The number of rotatable bonds is 8. The molecule has 2 fully saturated rings. The highest BCUT2D eigenvalue weighted by atomic mass is 16.2. The first-order valence-electron chi connectivity index (χ1n) is 12.5. The maximum absolute atomic E-state index is 13.3. The van der Waals surface area contributed by atoms with E-state index in [9.17, 15) is 9.59 Å². The lowest BCUT2D eigenvalue weighted by Gasteiger charge is -2.37. The molecule has 178 valence electrons. The maximum Gasteiger partial charge on any atom is 0.245 e. The standard InChI is InChI=1S/C27H38N4O2/c1-21(2)26(28-25(32)20-23-10-7-9-22-8-3-4-11-24(22)23)27(33)31-18-16-30(17-19-31)15-14-29-12-5-6-13-29/h3-4,7-11,21,26H,5-6,12-20H2,1-2H3,(H,28,32)/t26-/m1/s1. The number of carbonyl (C=O) groups is 2. The summed E-state index contributed by atoms with van der Waals surface area (Å²) >= 11 is 0. The highest BCUT2D eigenvalue weighted by molar-refractivity contribution is 5.92. The fourth-order valence-corrected chi connectivity index (χ4v) is 5.04. The van der Waals surface area contributed by atoms with Gasteiger partial charge in [-0.25, -0.2) is 0 Å². The molecule has 6 heteroatoms. The van der Waals surface area contributed by atoms with Crippen LogP contribution in [0.3, 0.4) is 0 Å². The van der Waals surface area contributed by atoms with Gasteiger partial charge in [0.05, 0.1) is 6.42 Å². The fourth-order valence-electron chi connectivity index (χ4n) is 5.04. The van der Waals surface area contributed by atoms with Crippen molar-refractivity contribution < 1.29 is 9.59 Å². The number of likely N-dealkylation sites (tertiary alicyclic amines) is 1. The smallest absolute Gasteiger partial charge is 0.245 e. The Balaban J connectivity index is 1.30. The quantitative estimate of drug-likeness (QED) is 0.672.